The number of hydrogen-bond acceptors (Lipinski definition) is 2. The molecule has 21 heavy (non-hydrogen) atoms. The molecule has 0 radical (unpaired) electrons. The van der Waals surface area contributed by atoms with E-state index in [1.54, 1.807) is 6.92 Å². The standard InChI is InChI=1S/C14H15F4NO2/c1-8-2-3-9(5-11(8)15)4-10-6-19-7-13(10,12(20)21)14(16,17)18/h2-3,5,10,19H,4,6-7H2,1H3,(H,20,21)/t10-,13-/m1/s1. The quantitative estimate of drug-likeness (QED) is 0.844. The van der Waals surface area contributed by atoms with Crippen LogP contribution < -0.4 is 5.32 Å². The molecule has 0 bridgehead atoms. The van der Waals surface area contributed by atoms with E-state index < -0.39 is 35.8 Å². The van der Waals surface area contributed by atoms with Gasteiger partial charge in [-0.25, -0.2) is 4.39 Å². The molecular formula is C14H15F4NO2. The number of carboxylic acid groups (broad SMARTS) is 1. The second kappa shape index (κ2) is 5.29. The van der Waals surface area contributed by atoms with E-state index in [1.807, 2.05) is 0 Å². The largest absolute Gasteiger partial charge is 0.481 e. The van der Waals surface area contributed by atoms with E-state index in [0.717, 1.165) is 6.07 Å². The highest BCUT2D eigenvalue weighted by atomic mass is 19.4. The van der Waals surface area contributed by atoms with Gasteiger partial charge in [-0.3, -0.25) is 4.79 Å². The fraction of sp³-hybridized carbons (Fsp3) is 0.500. The molecule has 0 aromatic heterocycles. The molecule has 2 atom stereocenters. The van der Waals surface area contributed by atoms with Crippen LogP contribution in [0.2, 0.25) is 0 Å². The maximum Gasteiger partial charge on any atom is 0.406 e. The van der Waals surface area contributed by atoms with Gasteiger partial charge in [-0.15, -0.1) is 0 Å². The van der Waals surface area contributed by atoms with Gasteiger partial charge in [-0.1, -0.05) is 12.1 Å². The van der Waals surface area contributed by atoms with Crippen molar-refractivity contribution in [2.75, 3.05) is 13.1 Å². The van der Waals surface area contributed by atoms with E-state index in [4.69, 9.17) is 5.11 Å². The number of halogens is 4. The summed E-state index contributed by atoms with van der Waals surface area (Å²) in [4.78, 5) is 11.3. The number of carbonyl (C=O) groups is 1. The minimum absolute atomic E-state index is 0.0681. The zero-order valence-electron chi connectivity index (χ0n) is 11.3. The molecule has 0 aliphatic carbocycles. The second-order valence-electron chi connectivity index (χ2n) is 5.39. The molecule has 7 heteroatoms. The van der Waals surface area contributed by atoms with E-state index >= 15 is 0 Å². The first-order valence-corrected chi connectivity index (χ1v) is 6.44. The van der Waals surface area contributed by atoms with Crippen molar-refractivity contribution < 1.29 is 27.5 Å². The molecule has 1 heterocycles. The number of carboxylic acids is 1. The number of aliphatic carboxylic acids is 1. The van der Waals surface area contributed by atoms with Crippen molar-refractivity contribution in [2.24, 2.45) is 11.3 Å². The molecule has 3 nitrogen and oxygen atoms in total. The van der Waals surface area contributed by atoms with Crippen molar-refractivity contribution >= 4 is 5.97 Å². The Balaban J connectivity index is 2.33. The maximum atomic E-state index is 13.5. The number of nitrogens with one attached hydrogen (secondary N) is 1. The normalized spacial score (nSPS) is 26.0. The van der Waals surface area contributed by atoms with Crippen molar-refractivity contribution in [3.05, 3.63) is 35.1 Å². The van der Waals surface area contributed by atoms with Crippen LogP contribution >= 0.6 is 0 Å². The fourth-order valence-corrected chi connectivity index (χ4v) is 2.76. The lowest BCUT2D eigenvalue weighted by Gasteiger charge is -2.32. The van der Waals surface area contributed by atoms with Crippen LogP contribution in [-0.2, 0) is 11.2 Å². The molecule has 1 aliphatic heterocycles. The summed E-state index contributed by atoms with van der Waals surface area (Å²) in [5.74, 6) is -3.57. The third kappa shape index (κ3) is 2.62. The molecule has 116 valence electrons. The van der Waals surface area contributed by atoms with Crippen LogP contribution in [0, 0.1) is 24.1 Å². The third-order valence-electron chi connectivity index (χ3n) is 4.10. The van der Waals surface area contributed by atoms with Crippen LogP contribution in [0.3, 0.4) is 0 Å². The molecule has 1 aromatic rings. The highest BCUT2D eigenvalue weighted by Crippen LogP contribution is 2.47. The summed E-state index contributed by atoms with van der Waals surface area (Å²) >= 11 is 0. The lowest BCUT2D eigenvalue weighted by molar-refractivity contribution is -0.236. The molecule has 0 unspecified atom stereocenters. The Morgan fingerprint density at radius 3 is 2.67 bits per heavy atom. The van der Waals surface area contributed by atoms with Crippen LogP contribution in [0.5, 0.6) is 0 Å². The molecular weight excluding hydrogens is 290 g/mol. The van der Waals surface area contributed by atoms with Gasteiger partial charge in [0.15, 0.2) is 5.41 Å². The molecule has 2 rings (SSSR count). The molecule has 1 aliphatic rings. The van der Waals surface area contributed by atoms with Crippen molar-refractivity contribution in [3.63, 3.8) is 0 Å². The number of rotatable bonds is 3. The summed E-state index contributed by atoms with van der Waals surface area (Å²) in [6.07, 6.45) is -5.01. The first-order valence-electron chi connectivity index (χ1n) is 6.44. The van der Waals surface area contributed by atoms with E-state index in [1.165, 1.54) is 12.1 Å². The molecule has 0 spiro atoms. The van der Waals surface area contributed by atoms with Gasteiger partial charge in [0, 0.05) is 12.5 Å². The van der Waals surface area contributed by atoms with Gasteiger partial charge in [-0.2, -0.15) is 13.2 Å². The molecule has 1 fully saturated rings. The molecule has 1 aromatic carbocycles. The molecule has 0 amide bonds. The Kier molecular flexibility index (Phi) is 3.97. The predicted octanol–water partition coefficient (Wildman–Crippen LogP) is 2.53. The van der Waals surface area contributed by atoms with Crippen LogP contribution in [0.15, 0.2) is 18.2 Å². The van der Waals surface area contributed by atoms with Gasteiger partial charge < -0.3 is 10.4 Å². The Bertz CT molecular complexity index is 558. The van der Waals surface area contributed by atoms with Gasteiger partial charge in [0.1, 0.15) is 5.82 Å². The van der Waals surface area contributed by atoms with E-state index in [9.17, 15) is 22.4 Å². The van der Waals surface area contributed by atoms with E-state index in [0.29, 0.717) is 11.1 Å². The Morgan fingerprint density at radius 1 is 1.48 bits per heavy atom. The Hall–Kier alpha value is -1.63. The van der Waals surface area contributed by atoms with Gasteiger partial charge in [0.05, 0.1) is 0 Å². The molecule has 1 saturated heterocycles. The summed E-state index contributed by atoms with van der Waals surface area (Å²) in [6, 6.07) is 4.17. The summed E-state index contributed by atoms with van der Waals surface area (Å²) < 4.78 is 53.3. The average Bonchev–Trinajstić information content (AvgIpc) is 2.78. The fourth-order valence-electron chi connectivity index (χ4n) is 2.76. The summed E-state index contributed by atoms with van der Waals surface area (Å²) in [5.41, 5.74) is -2.07. The highest BCUT2D eigenvalue weighted by Gasteiger charge is 2.66. The molecule has 0 saturated carbocycles. The average molecular weight is 305 g/mol. The van der Waals surface area contributed by atoms with E-state index in [2.05, 4.69) is 5.32 Å². The van der Waals surface area contributed by atoms with E-state index in [-0.39, 0.29) is 13.0 Å². The minimum Gasteiger partial charge on any atom is -0.481 e. The number of aryl methyl sites for hydroxylation is 1. The molecule has 2 N–H and O–H groups in total. The topological polar surface area (TPSA) is 49.3 Å². The SMILES string of the molecule is Cc1ccc(C[C@@H]2CNC[C@@]2(C(=O)O)C(F)(F)F)cc1F. The lowest BCUT2D eigenvalue weighted by atomic mass is 9.74. The lowest BCUT2D eigenvalue weighted by Crippen LogP contribution is -2.51. The smallest absolute Gasteiger partial charge is 0.406 e. The zero-order chi connectivity index (χ0) is 15.8. The van der Waals surface area contributed by atoms with Gasteiger partial charge in [0.25, 0.3) is 0 Å². The van der Waals surface area contributed by atoms with Crippen LogP contribution in [0.4, 0.5) is 17.6 Å². The van der Waals surface area contributed by atoms with Gasteiger partial charge in [-0.05, 0) is 37.1 Å². The summed E-state index contributed by atoms with van der Waals surface area (Å²) in [6.45, 7) is 0.819. The minimum atomic E-state index is -4.86. The highest BCUT2D eigenvalue weighted by molar-refractivity contribution is 5.77. The number of alkyl halides is 3. The Morgan fingerprint density at radius 2 is 2.14 bits per heavy atom. The van der Waals surface area contributed by atoms with Gasteiger partial charge >= 0.3 is 12.1 Å². The van der Waals surface area contributed by atoms with Crippen LogP contribution in [-0.4, -0.2) is 30.3 Å². The maximum absolute atomic E-state index is 13.5. The van der Waals surface area contributed by atoms with Gasteiger partial charge in [0.2, 0.25) is 0 Å². The number of hydrogen-bond donors (Lipinski definition) is 2. The number of benzene rings is 1. The van der Waals surface area contributed by atoms with Crippen LogP contribution in [0.1, 0.15) is 11.1 Å². The zero-order valence-corrected chi connectivity index (χ0v) is 11.3. The summed E-state index contributed by atoms with van der Waals surface area (Å²) in [5, 5.41) is 11.6. The van der Waals surface area contributed by atoms with Crippen LogP contribution in [0.25, 0.3) is 0 Å². The van der Waals surface area contributed by atoms with Crippen molar-refractivity contribution in [1.82, 2.24) is 5.32 Å². The third-order valence-corrected chi connectivity index (χ3v) is 4.10. The summed E-state index contributed by atoms with van der Waals surface area (Å²) in [7, 11) is 0. The van der Waals surface area contributed by atoms with Crippen molar-refractivity contribution in [1.29, 1.82) is 0 Å². The van der Waals surface area contributed by atoms with Crippen molar-refractivity contribution in [2.45, 2.75) is 19.5 Å². The first-order chi connectivity index (χ1) is 9.68. The van der Waals surface area contributed by atoms with Crippen molar-refractivity contribution in [3.8, 4) is 0 Å². The first kappa shape index (κ1) is 15.8. The second-order valence-corrected chi connectivity index (χ2v) is 5.39. The predicted molar refractivity (Wildman–Crippen MR) is 67.3 cm³/mol. The Labute approximate surface area is 119 Å². The monoisotopic (exact) mass is 305 g/mol.